The van der Waals surface area contributed by atoms with Gasteiger partial charge in [-0.3, -0.25) is 0 Å². The molecule has 5 nitrogen and oxygen atoms in total. The third-order valence-corrected chi connectivity index (χ3v) is 2.85. The van der Waals surface area contributed by atoms with Crippen molar-refractivity contribution in [3.05, 3.63) is 54.7 Å². The van der Waals surface area contributed by atoms with Gasteiger partial charge in [-0.25, -0.2) is 14.6 Å². The quantitative estimate of drug-likeness (QED) is 0.709. The van der Waals surface area contributed by atoms with Crippen molar-refractivity contribution in [2.45, 2.75) is 6.92 Å². The second-order valence-electron chi connectivity index (χ2n) is 4.31. The second-order valence-corrected chi connectivity index (χ2v) is 4.31. The maximum Gasteiger partial charge on any atom is 0.156 e. The van der Waals surface area contributed by atoms with Crippen LogP contribution in [0.5, 0.6) is 0 Å². The van der Waals surface area contributed by atoms with Crippen LogP contribution in [-0.2, 0) is 0 Å². The summed E-state index contributed by atoms with van der Waals surface area (Å²) < 4.78 is 1.74. The molecular formula is C14H13N5. The summed E-state index contributed by atoms with van der Waals surface area (Å²) in [5.41, 5.74) is 9.44. The highest BCUT2D eigenvalue weighted by Crippen LogP contribution is 2.20. The predicted octanol–water partition coefficient (Wildman–Crippen LogP) is 2.22. The van der Waals surface area contributed by atoms with Crippen molar-refractivity contribution in [1.82, 2.24) is 19.7 Å². The lowest BCUT2D eigenvalue weighted by molar-refractivity contribution is 0.835. The van der Waals surface area contributed by atoms with E-state index < -0.39 is 0 Å². The van der Waals surface area contributed by atoms with Crippen molar-refractivity contribution < 1.29 is 0 Å². The Hall–Kier alpha value is -2.69. The molecule has 0 aliphatic rings. The molecule has 3 aromatic rings. The monoisotopic (exact) mass is 251 g/mol. The molecule has 0 aliphatic carbocycles. The van der Waals surface area contributed by atoms with Gasteiger partial charge < -0.3 is 5.73 Å². The van der Waals surface area contributed by atoms with Gasteiger partial charge in [0, 0.05) is 29.2 Å². The van der Waals surface area contributed by atoms with Crippen LogP contribution in [0.15, 0.2) is 49.1 Å². The number of nitrogens with zero attached hydrogens (tertiary/aromatic N) is 4. The fourth-order valence-electron chi connectivity index (χ4n) is 1.84. The van der Waals surface area contributed by atoms with Crippen LogP contribution >= 0.6 is 0 Å². The predicted molar refractivity (Wildman–Crippen MR) is 73.7 cm³/mol. The number of rotatable bonds is 2. The summed E-state index contributed by atoms with van der Waals surface area (Å²) >= 11 is 0. The zero-order valence-corrected chi connectivity index (χ0v) is 10.5. The molecule has 0 aliphatic heterocycles. The van der Waals surface area contributed by atoms with E-state index in [0.717, 1.165) is 28.3 Å². The largest absolute Gasteiger partial charge is 0.399 e. The SMILES string of the molecule is Cc1cc(-n2cc(-c3ccc(N)cc3)cn2)ncn1. The number of nitrogens with two attached hydrogens (primary N) is 1. The minimum absolute atomic E-state index is 0.752. The molecule has 3 rings (SSSR count). The van der Waals surface area contributed by atoms with Crippen molar-refractivity contribution in [2.24, 2.45) is 0 Å². The molecule has 0 unspecified atom stereocenters. The average Bonchev–Trinajstić information content (AvgIpc) is 2.89. The van der Waals surface area contributed by atoms with Gasteiger partial charge in [0.2, 0.25) is 0 Å². The first kappa shape index (κ1) is 11.4. The smallest absolute Gasteiger partial charge is 0.156 e. The van der Waals surface area contributed by atoms with Crippen LogP contribution in [0.2, 0.25) is 0 Å². The molecule has 0 saturated heterocycles. The first-order chi connectivity index (χ1) is 9.22. The van der Waals surface area contributed by atoms with E-state index in [1.165, 1.54) is 6.33 Å². The van der Waals surface area contributed by atoms with E-state index in [1.807, 2.05) is 49.6 Å². The van der Waals surface area contributed by atoms with Gasteiger partial charge in [0.25, 0.3) is 0 Å². The molecule has 0 saturated carbocycles. The summed E-state index contributed by atoms with van der Waals surface area (Å²) in [6.07, 6.45) is 5.28. The molecule has 0 fully saturated rings. The number of aryl methyl sites for hydroxylation is 1. The minimum Gasteiger partial charge on any atom is -0.399 e. The number of anilines is 1. The van der Waals surface area contributed by atoms with Crippen molar-refractivity contribution in [3.63, 3.8) is 0 Å². The van der Waals surface area contributed by atoms with E-state index in [0.29, 0.717) is 0 Å². The summed E-state index contributed by atoms with van der Waals surface area (Å²) in [4.78, 5) is 8.27. The van der Waals surface area contributed by atoms with Crippen LogP contribution in [-0.4, -0.2) is 19.7 Å². The summed E-state index contributed by atoms with van der Waals surface area (Å²) in [6.45, 7) is 1.93. The highest BCUT2D eigenvalue weighted by atomic mass is 15.3. The Kier molecular flexibility index (Phi) is 2.72. The molecule has 0 atom stereocenters. The van der Waals surface area contributed by atoms with Crippen molar-refractivity contribution in [1.29, 1.82) is 0 Å². The van der Waals surface area contributed by atoms with Crippen LogP contribution in [0.4, 0.5) is 5.69 Å². The maximum atomic E-state index is 5.68. The molecule has 0 spiro atoms. The molecule has 0 bridgehead atoms. The van der Waals surface area contributed by atoms with Crippen LogP contribution in [0.3, 0.4) is 0 Å². The second kappa shape index (κ2) is 4.53. The molecule has 5 heteroatoms. The van der Waals surface area contributed by atoms with Gasteiger partial charge in [0.1, 0.15) is 6.33 Å². The Morgan fingerprint density at radius 1 is 1.05 bits per heavy atom. The van der Waals surface area contributed by atoms with E-state index >= 15 is 0 Å². The van der Waals surface area contributed by atoms with Crippen LogP contribution in [0, 0.1) is 6.92 Å². The minimum atomic E-state index is 0.752. The fourth-order valence-corrected chi connectivity index (χ4v) is 1.84. The first-order valence-electron chi connectivity index (χ1n) is 5.92. The summed E-state index contributed by atoms with van der Waals surface area (Å²) in [7, 11) is 0. The summed E-state index contributed by atoms with van der Waals surface area (Å²) in [5.74, 6) is 0.759. The lowest BCUT2D eigenvalue weighted by atomic mass is 10.1. The molecule has 19 heavy (non-hydrogen) atoms. The van der Waals surface area contributed by atoms with Crippen LogP contribution < -0.4 is 5.73 Å². The molecule has 1 aromatic carbocycles. The van der Waals surface area contributed by atoms with E-state index in [4.69, 9.17) is 5.73 Å². The van der Waals surface area contributed by atoms with E-state index in [1.54, 1.807) is 4.68 Å². The highest BCUT2D eigenvalue weighted by molar-refractivity contribution is 5.64. The third kappa shape index (κ3) is 2.30. The zero-order valence-electron chi connectivity index (χ0n) is 10.5. The number of aromatic nitrogens is 4. The standard InChI is InChI=1S/C14H13N5/c1-10-6-14(17-9-16-10)19-8-12(7-18-19)11-2-4-13(15)5-3-11/h2-9H,15H2,1H3. The van der Waals surface area contributed by atoms with E-state index in [2.05, 4.69) is 15.1 Å². The van der Waals surface area contributed by atoms with E-state index in [-0.39, 0.29) is 0 Å². The fraction of sp³-hybridized carbons (Fsp3) is 0.0714. The maximum absolute atomic E-state index is 5.68. The molecule has 2 N–H and O–H groups in total. The van der Waals surface area contributed by atoms with Crippen LogP contribution in [0.1, 0.15) is 5.69 Å². The van der Waals surface area contributed by atoms with Gasteiger partial charge in [0.15, 0.2) is 5.82 Å². The van der Waals surface area contributed by atoms with Crippen molar-refractivity contribution >= 4 is 5.69 Å². The Balaban J connectivity index is 1.97. The molecule has 0 amide bonds. The number of hydrogen-bond donors (Lipinski definition) is 1. The number of nitrogen functional groups attached to an aromatic ring is 1. The topological polar surface area (TPSA) is 69.6 Å². The Morgan fingerprint density at radius 2 is 1.84 bits per heavy atom. The Morgan fingerprint density at radius 3 is 2.58 bits per heavy atom. The van der Waals surface area contributed by atoms with Gasteiger partial charge in [-0.05, 0) is 24.6 Å². The van der Waals surface area contributed by atoms with Gasteiger partial charge >= 0.3 is 0 Å². The summed E-state index contributed by atoms with van der Waals surface area (Å²) in [6, 6.07) is 9.59. The van der Waals surface area contributed by atoms with Gasteiger partial charge in [-0.2, -0.15) is 5.10 Å². The number of hydrogen-bond acceptors (Lipinski definition) is 4. The molecular weight excluding hydrogens is 238 g/mol. The lowest BCUT2D eigenvalue weighted by Crippen LogP contribution is -1.98. The lowest BCUT2D eigenvalue weighted by Gasteiger charge is -2.00. The van der Waals surface area contributed by atoms with E-state index in [9.17, 15) is 0 Å². The van der Waals surface area contributed by atoms with Gasteiger partial charge in [-0.1, -0.05) is 12.1 Å². The zero-order chi connectivity index (χ0) is 13.2. The first-order valence-corrected chi connectivity index (χ1v) is 5.92. The highest BCUT2D eigenvalue weighted by Gasteiger charge is 2.04. The van der Waals surface area contributed by atoms with Crippen molar-refractivity contribution in [3.8, 4) is 16.9 Å². The molecule has 94 valence electrons. The molecule has 2 aromatic heterocycles. The number of benzene rings is 1. The van der Waals surface area contributed by atoms with Gasteiger partial charge in [0.05, 0.1) is 6.20 Å². The Bertz CT molecular complexity index is 700. The summed E-state index contributed by atoms with van der Waals surface area (Å²) in [5, 5.41) is 4.32. The normalized spacial score (nSPS) is 10.6. The molecule has 2 heterocycles. The average molecular weight is 251 g/mol. The molecule has 0 radical (unpaired) electrons. The Labute approximate surface area is 110 Å². The van der Waals surface area contributed by atoms with Crippen LogP contribution in [0.25, 0.3) is 16.9 Å². The van der Waals surface area contributed by atoms with Crippen molar-refractivity contribution in [2.75, 3.05) is 5.73 Å². The third-order valence-electron chi connectivity index (χ3n) is 2.85. The van der Waals surface area contributed by atoms with Gasteiger partial charge in [-0.15, -0.1) is 0 Å².